The highest BCUT2D eigenvalue weighted by Gasteiger charge is 2.12. The number of hydrogen-bond donors (Lipinski definition) is 2. The van der Waals surface area contributed by atoms with Crippen LogP contribution in [0.4, 0.5) is 17.1 Å². The zero-order chi connectivity index (χ0) is 19.2. The number of carbonyl (C=O) groups excluding carboxylic acids is 1. The average molecular weight is 361 g/mol. The minimum atomic E-state index is -0.291. The first-order valence-electron chi connectivity index (χ1n) is 8.85. The van der Waals surface area contributed by atoms with Gasteiger partial charge in [0.1, 0.15) is 11.4 Å². The summed E-state index contributed by atoms with van der Waals surface area (Å²) in [5.41, 5.74) is 3.98. The van der Waals surface area contributed by atoms with Crippen molar-refractivity contribution < 1.29 is 9.53 Å². The summed E-state index contributed by atoms with van der Waals surface area (Å²) in [5, 5.41) is 6.24. The summed E-state index contributed by atoms with van der Waals surface area (Å²) >= 11 is 0. The molecule has 0 unspecified atom stereocenters. The van der Waals surface area contributed by atoms with E-state index in [0.29, 0.717) is 23.0 Å². The van der Waals surface area contributed by atoms with Gasteiger partial charge in [-0.3, -0.25) is 9.78 Å². The van der Waals surface area contributed by atoms with Crippen LogP contribution in [-0.4, -0.2) is 18.0 Å². The van der Waals surface area contributed by atoms with Crippen molar-refractivity contribution in [3.05, 3.63) is 78.1 Å². The first-order chi connectivity index (χ1) is 13.1. The number of nitrogens with one attached hydrogen (secondary N) is 2. The van der Waals surface area contributed by atoms with E-state index in [2.05, 4.69) is 35.5 Å². The summed E-state index contributed by atoms with van der Waals surface area (Å²) in [6.07, 6.45) is 1.62. The maximum absolute atomic E-state index is 12.6. The topological polar surface area (TPSA) is 63.2 Å². The van der Waals surface area contributed by atoms with Crippen molar-refractivity contribution in [3.8, 4) is 5.75 Å². The number of para-hydroxylation sites is 3. The second-order valence-electron chi connectivity index (χ2n) is 6.45. The molecule has 0 aliphatic heterocycles. The largest absolute Gasteiger partial charge is 0.495 e. The standard InChI is InChI=1S/C22H23N3O2/c1-15(2)17-8-4-5-9-18(17)24-16-12-13-23-20(14-16)22(26)25-19-10-6-7-11-21(19)27-3/h4-15H,1-3H3,(H,23,24)(H,25,26). The van der Waals surface area contributed by atoms with Gasteiger partial charge in [0.15, 0.2) is 0 Å². The molecule has 27 heavy (non-hydrogen) atoms. The number of rotatable bonds is 6. The van der Waals surface area contributed by atoms with Gasteiger partial charge in [0.05, 0.1) is 12.8 Å². The third kappa shape index (κ3) is 4.44. The maximum atomic E-state index is 12.6. The highest BCUT2D eigenvalue weighted by atomic mass is 16.5. The van der Waals surface area contributed by atoms with Crippen LogP contribution >= 0.6 is 0 Å². The summed E-state index contributed by atoms with van der Waals surface area (Å²) in [5.74, 6) is 0.704. The normalized spacial score (nSPS) is 10.5. The summed E-state index contributed by atoms with van der Waals surface area (Å²) in [6.45, 7) is 4.30. The van der Waals surface area contributed by atoms with E-state index in [4.69, 9.17) is 4.74 Å². The monoisotopic (exact) mass is 361 g/mol. The van der Waals surface area contributed by atoms with Crippen molar-refractivity contribution in [2.75, 3.05) is 17.7 Å². The first kappa shape index (κ1) is 18.5. The molecule has 1 aromatic heterocycles. The number of hydrogen-bond acceptors (Lipinski definition) is 4. The Labute approximate surface area is 159 Å². The fourth-order valence-corrected chi connectivity index (χ4v) is 2.84. The van der Waals surface area contributed by atoms with Crippen LogP contribution in [-0.2, 0) is 0 Å². The molecule has 5 heteroatoms. The van der Waals surface area contributed by atoms with Crippen LogP contribution in [0.15, 0.2) is 66.9 Å². The Morgan fingerprint density at radius 1 is 1.00 bits per heavy atom. The van der Waals surface area contributed by atoms with Gasteiger partial charge in [-0.2, -0.15) is 0 Å². The highest BCUT2D eigenvalue weighted by Crippen LogP contribution is 2.27. The van der Waals surface area contributed by atoms with E-state index in [1.54, 1.807) is 31.5 Å². The summed E-state index contributed by atoms with van der Waals surface area (Å²) in [6, 6.07) is 19.0. The van der Waals surface area contributed by atoms with Crippen LogP contribution in [0.25, 0.3) is 0 Å². The molecule has 0 saturated heterocycles. The Kier molecular flexibility index (Phi) is 5.71. The van der Waals surface area contributed by atoms with Gasteiger partial charge in [-0.1, -0.05) is 44.2 Å². The van der Waals surface area contributed by atoms with Crippen LogP contribution in [0, 0.1) is 0 Å². The molecule has 0 atom stereocenters. The van der Waals surface area contributed by atoms with Gasteiger partial charge >= 0.3 is 0 Å². The molecule has 1 amide bonds. The van der Waals surface area contributed by atoms with Gasteiger partial charge in [0.2, 0.25) is 0 Å². The number of ether oxygens (including phenoxy) is 1. The molecule has 0 fully saturated rings. The fourth-order valence-electron chi connectivity index (χ4n) is 2.84. The number of amides is 1. The first-order valence-corrected chi connectivity index (χ1v) is 8.85. The smallest absolute Gasteiger partial charge is 0.274 e. The number of pyridine rings is 1. The molecular formula is C22H23N3O2. The number of aromatic nitrogens is 1. The lowest BCUT2D eigenvalue weighted by Gasteiger charge is -2.15. The molecule has 2 N–H and O–H groups in total. The number of anilines is 3. The van der Waals surface area contributed by atoms with Gasteiger partial charge in [-0.15, -0.1) is 0 Å². The number of carbonyl (C=O) groups is 1. The van der Waals surface area contributed by atoms with Crippen molar-refractivity contribution in [3.63, 3.8) is 0 Å². The van der Waals surface area contributed by atoms with Crippen molar-refractivity contribution >= 4 is 23.0 Å². The Morgan fingerprint density at radius 2 is 1.70 bits per heavy atom. The quantitative estimate of drug-likeness (QED) is 0.633. The van der Waals surface area contributed by atoms with E-state index in [1.807, 2.05) is 36.4 Å². The van der Waals surface area contributed by atoms with E-state index in [1.165, 1.54) is 5.56 Å². The molecule has 138 valence electrons. The zero-order valence-corrected chi connectivity index (χ0v) is 15.7. The van der Waals surface area contributed by atoms with Gasteiger partial charge in [0.25, 0.3) is 5.91 Å². The molecule has 0 spiro atoms. The van der Waals surface area contributed by atoms with Crippen molar-refractivity contribution in [2.24, 2.45) is 0 Å². The van der Waals surface area contributed by atoms with Gasteiger partial charge in [0, 0.05) is 17.6 Å². The highest BCUT2D eigenvalue weighted by molar-refractivity contribution is 6.04. The Hall–Kier alpha value is -3.34. The van der Waals surface area contributed by atoms with Crippen LogP contribution < -0.4 is 15.4 Å². The lowest BCUT2D eigenvalue weighted by Crippen LogP contribution is -2.14. The van der Waals surface area contributed by atoms with E-state index < -0.39 is 0 Å². The van der Waals surface area contributed by atoms with Crippen molar-refractivity contribution in [1.29, 1.82) is 0 Å². The number of benzene rings is 2. The van der Waals surface area contributed by atoms with Crippen molar-refractivity contribution in [1.82, 2.24) is 4.98 Å². The van der Waals surface area contributed by atoms with Crippen LogP contribution in [0.2, 0.25) is 0 Å². The number of methoxy groups -OCH3 is 1. The maximum Gasteiger partial charge on any atom is 0.274 e. The SMILES string of the molecule is COc1ccccc1NC(=O)c1cc(Nc2ccccc2C(C)C)ccn1. The lowest BCUT2D eigenvalue weighted by atomic mass is 10.0. The Morgan fingerprint density at radius 3 is 2.44 bits per heavy atom. The minimum Gasteiger partial charge on any atom is -0.495 e. The Bertz CT molecular complexity index is 938. The second kappa shape index (κ2) is 8.36. The van der Waals surface area contributed by atoms with Gasteiger partial charge in [-0.05, 0) is 41.8 Å². The van der Waals surface area contributed by atoms with Gasteiger partial charge < -0.3 is 15.4 Å². The molecule has 3 rings (SSSR count). The minimum absolute atomic E-state index is 0.291. The summed E-state index contributed by atoms with van der Waals surface area (Å²) in [7, 11) is 1.57. The number of nitrogens with zero attached hydrogens (tertiary/aromatic N) is 1. The van der Waals surface area contributed by atoms with Crippen LogP contribution in [0.1, 0.15) is 35.8 Å². The molecule has 0 aliphatic carbocycles. The van der Waals surface area contributed by atoms with Crippen LogP contribution in [0.3, 0.4) is 0 Å². The average Bonchev–Trinajstić information content (AvgIpc) is 2.69. The molecule has 0 bridgehead atoms. The third-order valence-electron chi connectivity index (χ3n) is 4.21. The molecule has 0 radical (unpaired) electrons. The molecule has 5 nitrogen and oxygen atoms in total. The lowest BCUT2D eigenvalue weighted by molar-refractivity contribution is 0.102. The predicted molar refractivity (Wildman–Crippen MR) is 109 cm³/mol. The fraction of sp³-hybridized carbons (Fsp3) is 0.182. The zero-order valence-electron chi connectivity index (χ0n) is 15.7. The van der Waals surface area contributed by atoms with Crippen molar-refractivity contribution in [2.45, 2.75) is 19.8 Å². The second-order valence-corrected chi connectivity index (χ2v) is 6.45. The van der Waals surface area contributed by atoms with Crippen LogP contribution in [0.5, 0.6) is 5.75 Å². The van der Waals surface area contributed by atoms with Gasteiger partial charge in [-0.25, -0.2) is 0 Å². The molecule has 0 aliphatic rings. The summed E-state index contributed by atoms with van der Waals surface area (Å²) in [4.78, 5) is 16.8. The molecule has 1 heterocycles. The molecule has 3 aromatic rings. The van der Waals surface area contributed by atoms with E-state index in [0.717, 1.165) is 11.4 Å². The van der Waals surface area contributed by atoms with E-state index in [-0.39, 0.29) is 5.91 Å². The van der Waals surface area contributed by atoms with E-state index >= 15 is 0 Å². The molecular weight excluding hydrogens is 338 g/mol. The Balaban J connectivity index is 1.81. The summed E-state index contributed by atoms with van der Waals surface area (Å²) < 4.78 is 5.27. The molecule has 2 aromatic carbocycles. The third-order valence-corrected chi connectivity index (χ3v) is 4.21. The molecule has 0 saturated carbocycles. The van der Waals surface area contributed by atoms with E-state index in [9.17, 15) is 4.79 Å². The predicted octanol–water partition coefficient (Wildman–Crippen LogP) is 5.21.